The first-order valence-corrected chi connectivity index (χ1v) is 10.7. The molecule has 0 aliphatic carbocycles. The van der Waals surface area contributed by atoms with E-state index in [1.165, 1.54) is 11.0 Å². The number of carbonyl (C=O) groups excluding carboxylic acids is 1. The average Bonchev–Trinajstić information content (AvgIpc) is 2.97. The fourth-order valence-electron chi connectivity index (χ4n) is 2.48. The Morgan fingerprint density at radius 1 is 1.17 bits per heavy atom. The summed E-state index contributed by atoms with van der Waals surface area (Å²) >= 11 is 0.952. The highest BCUT2D eigenvalue weighted by Crippen LogP contribution is 2.33. The fourth-order valence-corrected chi connectivity index (χ4v) is 4.67. The number of amides is 1. The van der Waals surface area contributed by atoms with Crippen molar-refractivity contribution in [3.8, 4) is 5.75 Å². The Kier molecular flexibility index (Phi) is 6.19. The molecule has 1 aliphatic heterocycles. The highest BCUT2D eigenvalue weighted by molar-refractivity contribution is 8.19. The predicted molar refractivity (Wildman–Crippen MR) is 111 cm³/mol. The molecular formula is C20H17FN2O4S2. The molecule has 150 valence electrons. The molecule has 0 aromatic heterocycles. The lowest BCUT2D eigenvalue weighted by molar-refractivity contribution is -0.121. The summed E-state index contributed by atoms with van der Waals surface area (Å²) in [6.45, 7) is 3.70. The van der Waals surface area contributed by atoms with Gasteiger partial charge in [-0.15, -0.1) is 11.0 Å². The van der Waals surface area contributed by atoms with Crippen molar-refractivity contribution in [3.63, 3.8) is 0 Å². The molecule has 0 atom stereocenters. The van der Waals surface area contributed by atoms with Gasteiger partial charge in [0.25, 0.3) is 15.9 Å². The highest BCUT2D eigenvalue weighted by Gasteiger charge is 2.34. The van der Waals surface area contributed by atoms with E-state index in [0.717, 1.165) is 41.6 Å². The van der Waals surface area contributed by atoms with E-state index in [4.69, 9.17) is 4.74 Å². The maximum atomic E-state index is 13.1. The van der Waals surface area contributed by atoms with Crippen LogP contribution in [0.15, 0.2) is 75.4 Å². The van der Waals surface area contributed by atoms with Gasteiger partial charge in [0.1, 0.15) is 11.6 Å². The number of benzene rings is 2. The van der Waals surface area contributed by atoms with Crippen molar-refractivity contribution in [1.29, 1.82) is 0 Å². The Morgan fingerprint density at radius 2 is 1.83 bits per heavy atom. The summed E-state index contributed by atoms with van der Waals surface area (Å²) in [7, 11) is -2.56. The number of hydrogen-bond acceptors (Lipinski definition) is 5. The second kappa shape index (κ2) is 8.62. The van der Waals surface area contributed by atoms with Crippen LogP contribution in [0.1, 0.15) is 5.56 Å². The summed E-state index contributed by atoms with van der Waals surface area (Å²) in [6.07, 6.45) is 3.13. The summed E-state index contributed by atoms with van der Waals surface area (Å²) in [6, 6.07) is 11.4. The van der Waals surface area contributed by atoms with Gasteiger partial charge in [-0.25, -0.2) is 4.39 Å². The van der Waals surface area contributed by atoms with Crippen LogP contribution in [0.4, 0.5) is 4.39 Å². The monoisotopic (exact) mass is 432 g/mol. The zero-order valence-electron chi connectivity index (χ0n) is 15.4. The van der Waals surface area contributed by atoms with E-state index in [1.807, 2.05) is 0 Å². The van der Waals surface area contributed by atoms with Crippen LogP contribution in [-0.2, 0) is 14.8 Å². The molecule has 2 aromatic rings. The van der Waals surface area contributed by atoms with Gasteiger partial charge in [-0.05, 0) is 59.8 Å². The van der Waals surface area contributed by atoms with Gasteiger partial charge in [0.05, 0.1) is 16.9 Å². The molecule has 6 nitrogen and oxygen atoms in total. The Bertz CT molecular complexity index is 1090. The molecule has 9 heteroatoms. The topological polar surface area (TPSA) is 76.0 Å². The molecule has 0 saturated carbocycles. The van der Waals surface area contributed by atoms with E-state index in [-0.39, 0.29) is 22.5 Å². The number of carbonyl (C=O) groups is 1. The molecule has 1 heterocycles. The number of thioether (sulfide) groups is 1. The lowest BCUT2D eigenvalue weighted by atomic mass is 10.2. The van der Waals surface area contributed by atoms with Crippen LogP contribution in [0.25, 0.3) is 6.08 Å². The summed E-state index contributed by atoms with van der Waals surface area (Å²) in [5, 5.41) is 0.0130. The Balaban J connectivity index is 1.96. The smallest absolute Gasteiger partial charge is 0.284 e. The van der Waals surface area contributed by atoms with Crippen LogP contribution in [-0.4, -0.2) is 38.0 Å². The Morgan fingerprint density at radius 3 is 2.41 bits per heavy atom. The first-order valence-electron chi connectivity index (χ1n) is 8.41. The van der Waals surface area contributed by atoms with Gasteiger partial charge in [-0.3, -0.25) is 9.69 Å². The summed E-state index contributed by atoms with van der Waals surface area (Å²) in [4.78, 5) is 14.1. The van der Waals surface area contributed by atoms with Crippen LogP contribution < -0.4 is 4.74 Å². The van der Waals surface area contributed by atoms with E-state index < -0.39 is 15.8 Å². The number of hydrogen-bond donors (Lipinski definition) is 0. The molecule has 0 spiro atoms. The van der Waals surface area contributed by atoms with Crippen molar-refractivity contribution in [2.45, 2.75) is 4.90 Å². The number of sulfonamides is 1. The molecule has 2 aromatic carbocycles. The quantitative estimate of drug-likeness (QED) is 0.514. The van der Waals surface area contributed by atoms with Gasteiger partial charge < -0.3 is 4.74 Å². The van der Waals surface area contributed by atoms with E-state index in [0.29, 0.717) is 10.7 Å². The third-order valence-corrected chi connectivity index (χ3v) is 6.33. The fraction of sp³-hybridized carbons (Fsp3) is 0.100. The number of amidine groups is 1. The van der Waals surface area contributed by atoms with Crippen molar-refractivity contribution >= 4 is 38.9 Å². The maximum absolute atomic E-state index is 13.1. The average molecular weight is 432 g/mol. The molecule has 0 unspecified atom stereocenters. The largest absolute Gasteiger partial charge is 0.497 e. The van der Waals surface area contributed by atoms with Crippen LogP contribution in [0.3, 0.4) is 0 Å². The zero-order chi connectivity index (χ0) is 21.0. The lowest BCUT2D eigenvalue weighted by Crippen LogP contribution is -2.29. The van der Waals surface area contributed by atoms with Crippen molar-refractivity contribution in [1.82, 2.24) is 4.90 Å². The second-order valence-corrected chi connectivity index (χ2v) is 8.50. The maximum Gasteiger partial charge on any atom is 0.284 e. The Hall–Kier alpha value is -2.91. The predicted octanol–water partition coefficient (Wildman–Crippen LogP) is 3.68. The molecule has 1 saturated heterocycles. The van der Waals surface area contributed by atoms with Gasteiger partial charge in [0.2, 0.25) is 0 Å². The van der Waals surface area contributed by atoms with Crippen molar-refractivity contribution in [2.24, 2.45) is 4.40 Å². The van der Waals surface area contributed by atoms with Crippen LogP contribution >= 0.6 is 11.8 Å². The minimum atomic E-state index is -4.11. The SMILES string of the molecule is C=CCN1C(=O)C(=Cc2ccc(OC)cc2)SC1=NS(=O)(=O)c1ccc(F)cc1. The van der Waals surface area contributed by atoms with E-state index in [2.05, 4.69) is 11.0 Å². The van der Waals surface area contributed by atoms with Crippen molar-refractivity contribution < 1.29 is 22.3 Å². The molecule has 0 N–H and O–H groups in total. The molecule has 1 fully saturated rings. The van der Waals surface area contributed by atoms with E-state index in [1.54, 1.807) is 37.5 Å². The lowest BCUT2D eigenvalue weighted by Gasteiger charge is -2.12. The molecule has 0 radical (unpaired) electrons. The van der Waals surface area contributed by atoms with Gasteiger partial charge >= 0.3 is 0 Å². The van der Waals surface area contributed by atoms with Gasteiger partial charge in [0.15, 0.2) is 5.17 Å². The number of methoxy groups -OCH3 is 1. The van der Waals surface area contributed by atoms with Gasteiger partial charge in [0, 0.05) is 6.54 Å². The summed E-state index contributed by atoms with van der Waals surface area (Å²) < 4.78 is 47.1. The summed E-state index contributed by atoms with van der Waals surface area (Å²) in [5.74, 6) is -0.253. The van der Waals surface area contributed by atoms with Crippen LogP contribution in [0.5, 0.6) is 5.75 Å². The standard InChI is InChI=1S/C20H17FN2O4S2/c1-3-12-23-19(24)18(13-14-4-8-16(27-2)9-5-14)28-20(23)22-29(25,26)17-10-6-15(21)7-11-17/h3-11,13H,1,12H2,2H3. The van der Waals surface area contributed by atoms with Crippen LogP contribution in [0.2, 0.25) is 0 Å². The Labute approximate surface area is 172 Å². The molecule has 0 bridgehead atoms. The van der Waals surface area contributed by atoms with E-state index in [9.17, 15) is 17.6 Å². The summed E-state index contributed by atoms with van der Waals surface area (Å²) in [5.41, 5.74) is 0.753. The third kappa shape index (κ3) is 4.75. The molecule has 1 amide bonds. The zero-order valence-corrected chi connectivity index (χ0v) is 17.0. The minimum absolute atomic E-state index is 0.0130. The normalized spacial score (nSPS) is 17.2. The molecular weight excluding hydrogens is 415 g/mol. The molecule has 1 aliphatic rings. The van der Waals surface area contributed by atoms with Crippen molar-refractivity contribution in [3.05, 3.63) is 77.5 Å². The number of nitrogens with zero attached hydrogens (tertiary/aromatic N) is 2. The second-order valence-electron chi connectivity index (χ2n) is 5.89. The van der Waals surface area contributed by atoms with E-state index >= 15 is 0 Å². The van der Waals surface area contributed by atoms with Gasteiger partial charge in [-0.2, -0.15) is 8.42 Å². The molecule has 29 heavy (non-hydrogen) atoms. The van der Waals surface area contributed by atoms with Crippen LogP contribution in [0, 0.1) is 5.82 Å². The highest BCUT2D eigenvalue weighted by atomic mass is 32.2. The molecule has 3 rings (SSSR count). The minimum Gasteiger partial charge on any atom is -0.497 e. The first kappa shape index (κ1) is 20.8. The number of halogens is 1. The third-order valence-electron chi connectivity index (χ3n) is 3.92. The van der Waals surface area contributed by atoms with Gasteiger partial charge in [-0.1, -0.05) is 18.2 Å². The first-order chi connectivity index (χ1) is 13.8. The number of rotatable bonds is 6. The number of ether oxygens (including phenoxy) is 1. The van der Waals surface area contributed by atoms with Crippen molar-refractivity contribution in [2.75, 3.05) is 13.7 Å².